The minimum atomic E-state index is -1.08. The number of aliphatic hydroxyl groups is 1. The normalized spacial score (nSPS) is 23.6. The van der Waals surface area contributed by atoms with Crippen LogP contribution >= 0.6 is 11.3 Å². The smallest absolute Gasteiger partial charge is 0.326 e. The molecule has 0 aromatic carbocycles. The number of β-amino-alcohol motifs (C(OH)–C–C–N with tert-alkyl or cyclic N) is 1. The van der Waals surface area contributed by atoms with Crippen molar-refractivity contribution in [2.45, 2.75) is 38.0 Å². The van der Waals surface area contributed by atoms with Crippen molar-refractivity contribution in [2.75, 3.05) is 6.54 Å². The van der Waals surface area contributed by atoms with Crippen LogP contribution in [0.2, 0.25) is 0 Å². The van der Waals surface area contributed by atoms with Crippen LogP contribution in [-0.2, 0) is 11.2 Å². The number of carbonyl (C=O) groups excluding carboxylic acids is 1. The molecule has 110 valence electrons. The van der Waals surface area contributed by atoms with E-state index in [9.17, 15) is 14.7 Å². The summed E-state index contributed by atoms with van der Waals surface area (Å²) in [4.78, 5) is 25.5. The van der Waals surface area contributed by atoms with E-state index in [0.29, 0.717) is 6.42 Å². The van der Waals surface area contributed by atoms with E-state index in [-0.39, 0.29) is 19.0 Å². The average Bonchev–Trinajstić information content (AvgIpc) is 2.97. The minimum absolute atomic E-state index is 0.0640. The maximum atomic E-state index is 12.1. The van der Waals surface area contributed by atoms with Gasteiger partial charge in [-0.2, -0.15) is 0 Å². The number of nitrogens with one attached hydrogen (secondary N) is 1. The number of aliphatic hydroxyl groups excluding tert-OH is 1. The van der Waals surface area contributed by atoms with Gasteiger partial charge in [-0.3, -0.25) is 0 Å². The molecule has 0 saturated carbocycles. The summed E-state index contributed by atoms with van der Waals surface area (Å²) in [5.41, 5.74) is 0. The van der Waals surface area contributed by atoms with Crippen molar-refractivity contribution < 1.29 is 19.8 Å². The van der Waals surface area contributed by atoms with E-state index in [1.807, 2.05) is 24.4 Å². The fourth-order valence-corrected chi connectivity index (χ4v) is 3.18. The van der Waals surface area contributed by atoms with Gasteiger partial charge in [0.25, 0.3) is 0 Å². The van der Waals surface area contributed by atoms with Gasteiger partial charge in [-0.1, -0.05) is 6.07 Å². The van der Waals surface area contributed by atoms with Crippen molar-refractivity contribution in [2.24, 2.45) is 0 Å². The molecule has 2 rings (SSSR count). The maximum absolute atomic E-state index is 12.1. The van der Waals surface area contributed by atoms with Crippen LogP contribution in [0.5, 0.6) is 0 Å². The highest BCUT2D eigenvalue weighted by Crippen LogP contribution is 2.18. The number of carboxylic acids is 1. The Bertz CT molecular complexity index is 477. The summed E-state index contributed by atoms with van der Waals surface area (Å²) in [5.74, 6) is -1.08. The Morgan fingerprint density at radius 3 is 2.95 bits per heavy atom. The molecule has 1 saturated heterocycles. The third-order valence-electron chi connectivity index (χ3n) is 3.28. The van der Waals surface area contributed by atoms with Crippen LogP contribution in [0, 0.1) is 0 Å². The summed E-state index contributed by atoms with van der Waals surface area (Å²) in [5, 5.41) is 23.3. The van der Waals surface area contributed by atoms with E-state index in [2.05, 4.69) is 5.32 Å². The highest BCUT2D eigenvalue weighted by atomic mass is 32.1. The number of carboxylic acid groups (broad SMARTS) is 1. The van der Waals surface area contributed by atoms with E-state index >= 15 is 0 Å². The molecular weight excluding hydrogens is 280 g/mol. The first-order chi connectivity index (χ1) is 9.47. The van der Waals surface area contributed by atoms with Crippen LogP contribution in [-0.4, -0.2) is 51.8 Å². The number of likely N-dealkylation sites (tertiary alicyclic amines) is 1. The first-order valence-electron chi connectivity index (χ1n) is 6.47. The molecule has 1 fully saturated rings. The Hall–Kier alpha value is -1.60. The number of urea groups is 1. The molecule has 3 N–H and O–H groups in total. The van der Waals surface area contributed by atoms with Crippen molar-refractivity contribution in [1.82, 2.24) is 10.2 Å². The fourth-order valence-electron chi connectivity index (χ4n) is 2.35. The third-order valence-corrected chi connectivity index (χ3v) is 4.18. The summed E-state index contributed by atoms with van der Waals surface area (Å²) in [6.45, 7) is 1.94. The summed E-state index contributed by atoms with van der Waals surface area (Å²) in [7, 11) is 0. The van der Waals surface area contributed by atoms with E-state index in [0.717, 1.165) is 4.88 Å². The number of thiophene rings is 1. The van der Waals surface area contributed by atoms with Gasteiger partial charge < -0.3 is 20.4 Å². The van der Waals surface area contributed by atoms with E-state index in [4.69, 9.17) is 5.11 Å². The second kappa shape index (κ2) is 6.23. The van der Waals surface area contributed by atoms with E-state index in [1.165, 1.54) is 4.90 Å². The average molecular weight is 298 g/mol. The maximum Gasteiger partial charge on any atom is 0.326 e. The lowest BCUT2D eigenvalue weighted by molar-refractivity contribution is -0.141. The molecule has 1 aromatic rings. The van der Waals surface area contributed by atoms with Crippen molar-refractivity contribution in [3.8, 4) is 0 Å². The van der Waals surface area contributed by atoms with Gasteiger partial charge in [0, 0.05) is 30.3 Å². The number of amides is 2. The van der Waals surface area contributed by atoms with Crippen LogP contribution in [0.3, 0.4) is 0 Å². The number of hydrogen-bond acceptors (Lipinski definition) is 4. The molecule has 1 unspecified atom stereocenters. The van der Waals surface area contributed by atoms with Gasteiger partial charge in [0.2, 0.25) is 0 Å². The first-order valence-corrected chi connectivity index (χ1v) is 7.35. The van der Waals surface area contributed by atoms with Gasteiger partial charge in [-0.25, -0.2) is 9.59 Å². The van der Waals surface area contributed by atoms with E-state index < -0.39 is 24.1 Å². The molecule has 0 radical (unpaired) electrons. The molecule has 2 amide bonds. The van der Waals surface area contributed by atoms with Crippen LogP contribution in [0.4, 0.5) is 4.79 Å². The predicted octanol–water partition coefficient (Wildman–Crippen LogP) is 0.908. The van der Waals surface area contributed by atoms with Crippen molar-refractivity contribution in [3.63, 3.8) is 0 Å². The van der Waals surface area contributed by atoms with Crippen LogP contribution in [0.1, 0.15) is 18.2 Å². The molecule has 3 atom stereocenters. The number of aliphatic carboxylic acids is 1. The monoisotopic (exact) mass is 298 g/mol. The van der Waals surface area contributed by atoms with Gasteiger partial charge in [0.05, 0.1) is 6.10 Å². The van der Waals surface area contributed by atoms with Crippen LogP contribution < -0.4 is 5.32 Å². The molecule has 0 aliphatic carbocycles. The topological polar surface area (TPSA) is 89.9 Å². The molecule has 2 heterocycles. The van der Waals surface area contributed by atoms with Crippen molar-refractivity contribution >= 4 is 23.3 Å². The Morgan fingerprint density at radius 1 is 1.60 bits per heavy atom. The number of nitrogens with zero attached hydrogens (tertiary/aromatic N) is 1. The molecule has 20 heavy (non-hydrogen) atoms. The van der Waals surface area contributed by atoms with Crippen molar-refractivity contribution in [3.05, 3.63) is 22.4 Å². The lowest BCUT2D eigenvalue weighted by Crippen LogP contribution is -2.49. The Morgan fingerprint density at radius 2 is 2.35 bits per heavy atom. The minimum Gasteiger partial charge on any atom is -0.480 e. The summed E-state index contributed by atoms with van der Waals surface area (Å²) < 4.78 is 0. The molecule has 0 bridgehead atoms. The van der Waals surface area contributed by atoms with Crippen molar-refractivity contribution in [1.29, 1.82) is 0 Å². The zero-order valence-corrected chi connectivity index (χ0v) is 12.0. The molecule has 1 aromatic heterocycles. The summed E-state index contributed by atoms with van der Waals surface area (Å²) in [6.07, 6.45) is 0.0222. The molecule has 1 aliphatic rings. The number of hydrogen-bond donors (Lipinski definition) is 3. The standard InChI is InChI=1S/C13H18N2O4S/c1-8(5-10-3-2-4-20-10)14-13(19)15-7-9(16)6-11(15)12(17)18/h2-4,8-9,11,16H,5-7H2,1H3,(H,14,19)(H,17,18)/t8?,9-,11-/m1/s1. The lowest BCUT2D eigenvalue weighted by Gasteiger charge is -2.24. The molecular formula is C13H18N2O4S. The van der Waals surface area contributed by atoms with Gasteiger partial charge >= 0.3 is 12.0 Å². The molecule has 6 nitrogen and oxygen atoms in total. The van der Waals surface area contributed by atoms with Gasteiger partial charge in [0.15, 0.2) is 0 Å². The molecule has 0 spiro atoms. The van der Waals surface area contributed by atoms with Crippen LogP contribution in [0.25, 0.3) is 0 Å². The number of carbonyl (C=O) groups is 2. The quantitative estimate of drug-likeness (QED) is 0.770. The summed E-state index contributed by atoms with van der Waals surface area (Å²) >= 11 is 1.62. The van der Waals surface area contributed by atoms with E-state index in [1.54, 1.807) is 11.3 Å². The van der Waals surface area contributed by atoms with Crippen LogP contribution in [0.15, 0.2) is 17.5 Å². The predicted molar refractivity (Wildman–Crippen MR) is 74.8 cm³/mol. The van der Waals surface area contributed by atoms with Gasteiger partial charge in [-0.15, -0.1) is 11.3 Å². The Kier molecular flexibility index (Phi) is 4.61. The second-order valence-electron chi connectivity index (χ2n) is 5.03. The van der Waals surface area contributed by atoms with Gasteiger partial charge in [0.1, 0.15) is 6.04 Å². The fraction of sp³-hybridized carbons (Fsp3) is 0.538. The first kappa shape index (κ1) is 14.8. The lowest BCUT2D eigenvalue weighted by atomic mass is 10.2. The third kappa shape index (κ3) is 3.49. The Labute approximate surface area is 121 Å². The molecule has 7 heteroatoms. The second-order valence-corrected chi connectivity index (χ2v) is 6.06. The highest BCUT2D eigenvalue weighted by molar-refractivity contribution is 7.09. The SMILES string of the molecule is CC(Cc1cccs1)NC(=O)N1C[C@H](O)C[C@@H]1C(=O)O. The highest BCUT2D eigenvalue weighted by Gasteiger charge is 2.39. The number of rotatable bonds is 4. The summed E-state index contributed by atoms with van der Waals surface area (Å²) in [6, 6.07) is 2.48. The zero-order chi connectivity index (χ0) is 14.7. The Balaban J connectivity index is 1.92. The molecule has 1 aliphatic heterocycles. The largest absolute Gasteiger partial charge is 0.480 e. The van der Waals surface area contributed by atoms with Gasteiger partial charge in [-0.05, 0) is 18.4 Å². The zero-order valence-electron chi connectivity index (χ0n) is 11.2.